The molecule has 0 aromatic carbocycles. The van der Waals surface area contributed by atoms with Crippen molar-refractivity contribution >= 4 is 23.8 Å². The number of amides is 1. The minimum Gasteiger partial charge on any atom is -0.444 e. The van der Waals surface area contributed by atoms with E-state index >= 15 is 0 Å². The molecular formula is C13H22ClNO5. The molecule has 0 spiro atoms. The van der Waals surface area contributed by atoms with Gasteiger partial charge in [0.15, 0.2) is 5.56 Å². The predicted molar refractivity (Wildman–Crippen MR) is 73.7 cm³/mol. The predicted octanol–water partition coefficient (Wildman–Crippen LogP) is 3.12. The maximum absolute atomic E-state index is 11.8. The van der Waals surface area contributed by atoms with Crippen molar-refractivity contribution in [2.24, 2.45) is 0 Å². The molecule has 0 saturated carbocycles. The molecule has 20 heavy (non-hydrogen) atoms. The summed E-state index contributed by atoms with van der Waals surface area (Å²) in [5.41, 5.74) is -1.23. The van der Waals surface area contributed by atoms with Crippen LogP contribution in [0.5, 0.6) is 0 Å². The van der Waals surface area contributed by atoms with Crippen molar-refractivity contribution in [1.82, 2.24) is 4.90 Å². The van der Waals surface area contributed by atoms with E-state index in [0.717, 1.165) is 0 Å². The second-order valence-corrected chi connectivity index (χ2v) is 6.31. The third-order valence-corrected chi connectivity index (χ3v) is 2.70. The molecule has 0 bridgehead atoms. The first-order valence-corrected chi connectivity index (χ1v) is 7.10. The topological polar surface area (TPSA) is 65.1 Å². The highest BCUT2D eigenvalue weighted by molar-refractivity contribution is 6.19. The standard InChI is InChI=1S/C13H22ClNO5/c1-9(14)18-12(17)19-10-5-7-15(8-6-10)11(16)20-13(2,3)4/h9-10H,5-8H2,1-4H3. The number of nitrogens with zero attached hydrogens (tertiary/aromatic N) is 1. The molecule has 0 aliphatic carbocycles. The molecule has 116 valence electrons. The minimum absolute atomic E-state index is 0.253. The van der Waals surface area contributed by atoms with Gasteiger partial charge in [0.25, 0.3) is 0 Å². The van der Waals surface area contributed by atoms with Gasteiger partial charge in [-0.2, -0.15) is 0 Å². The van der Waals surface area contributed by atoms with Crippen molar-refractivity contribution in [3.8, 4) is 0 Å². The average molecular weight is 308 g/mol. The number of carbonyl (C=O) groups excluding carboxylic acids is 2. The van der Waals surface area contributed by atoms with Crippen molar-refractivity contribution in [3.63, 3.8) is 0 Å². The smallest absolute Gasteiger partial charge is 0.444 e. The second-order valence-electron chi connectivity index (χ2n) is 5.70. The summed E-state index contributed by atoms with van der Waals surface area (Å²) in [5, 5.41) is 0. The zero-order valence-corrected chi connectivity index (χ0v) is 13.1. The summed E-state index contributed by atoms with van der Waals surface area (Å²) in [6, 6.07) is 0. The van der Waals surface area contributed by atoms with Gasteiger partial charge >= 0.3 is 12.2 Å². The molecule has 1 saturated heterocycles. The zero-order valence-electron chi connectivity index (χ0n) is 12.3. The normalized spacial score (nSPS) is 18.4. The van der Waals surface area contributed by atoms with Gasteiger partial charge < -0.3 is 19.1 Å². The van der Waals surface area contributed by atoms with Gasteiger partial charge in [-0.1, -0.05) is 11.6 Å². The minimum atomic E-state index is -0.775. The summed E-state index contributed by atoms with van der Waals surface area (Å²) in [6.45, 7) is 7.98. The van der Waals surface area contributed by atoms with Gasteiger partial charge in [-0.15, -0.1) is 0 Å². The number of likely N-dealkylation sites (tertiary alicyclic amines) is 1. The number of halogens is 1. The van der Waals surface area contributed by atoms with Crippen LogP contribution in [0.4, 0.5) is 9.59 Å². The van der Waals surface area contributed by atoms with E-state index < -0.39 is 17.3 Å². The first-order chi connectivity index (χ1) is 9.17. The molecule has 6 nitrogen and oxygen atoms in total. The molecule has 0 N–H and O–H groups in total. The van der Waals surface area contributed by atoms with E-state index in [1.165, 1.54) is 6.92 Å². The molecule has 1 rings (SSSR count). The Balaban J connectivity index is 2.33. The van der Waals surface area contributed by atoms with Gasteiger partial charge in [0.2, 0.25) is 0 Å². The molecule has 0 radical (unpaired) electrons. The lowest BCUT2D eigenvalue weighted by molar-refractivity contribution is -0.0134. The van der Waals surface area contributed by atoms with Crippen LogP contribution in [0.15, 0.2) is 0 Å². The van der Waals surface area contributed by atoms with Crippen LogP contribution in [0, 0.1) is 0 Å². The number of carbonyl (C=O) groups is 2. The van der Waals surface area contributed by atoms with E-state index in [2.05, 4.69) is 0 Å². The Labute approximate surface area is 124 Å². The third-order valence-electron chi connectivity index (χ3n) is 2.62. The number of ether oxygens (including phenoxy) is 3. The highest BCUT2D eigenvalue weighted by Crippen LogP contribution is 2.18. The molecule has 1 amide bonds. The Kier molecular flexibility index (Phi) is 5.92. The number of piperidine rings is 1. The second kappa shape index (κ2) is 7.02. The molecule has 1 unspecified atom stereocenters. The van der Waals surface area contributed by atoms with Crippen molar-refractivity contribution in [2.75, 3.05) is 13.1 Å². The Morgan fingerprint density at radius 2 is 1.80 bits per heavy atom. The molecule has 0 aromatic heterocycles. The van der Waals surface area contributed by atoms with Crippen LogP contribution in [0.3, 0.4) is 0 Å². The molecule has 1 heterocycles. The van der Waals surface area contributed by atoms with Crippen LogP contribution in [-0.2, 0) is 14.2 Å². The van der Waals surface area contributed by atoms with E-state index in [0.29, 0.717) is 25.9 Å². The molecule has 1 fully saturated rings. The van der Waals surface area contributed by atoms with Crippen LogP contribution in [-0.4, -0.2) is 47.5 Å². The Hall–Kier alpha value is -1.17. The highest BCUT2D eigenvalue weighted by atomic mass is 35.5. The first kappa shape index (κ1) is 16.9. The number of rotatable bonds is 2. The highest BCUT2D eigenvalue weighted by Gasteiger charge is 2.28. The Bertz CT molecular complexity index is 345. The molecule has 0 aromatic rings. The summed E-state index contributed by atoms with van der Waals surface area (Å²) < 4.78 is 15.1. The van der Waals surface area contributed by atoms with Crippen molar-refractivity contribution in [3.05, 3.63) is 0 Å². The number of alkyl halides is 1. The van der Waals surface area contributed by atoms with E-state index in [9.17, 15) is 9.59 Å². The quantitative estimate of drug-likeness (QED) is 0.579. The SMILES string of the molecule is CC(Cl)OC(=O)OC1CCN(C(=O)OC(C)(C)C)CC1. The van der Waals surface area contributed by atoms with Crippen LogP contribution >= 0.6 is 11.6 Å². The van der Waals surface area contributed by atoms with Crippen molar-refractivity contribution < 1.29 is 23.8 Å². The van der Waals surface area contributed by atoms with Gasteiger partial charge in [-0.25, -0.2) is 9.59 Å². The van der Waals surface area contributed by atoms with Crippen LogP contribution in [0.2, 0.25) is 0 Å². The Morgan fingerprint density at radius 3 is 2.25 bits per heavy atom. The maximum atomic E-state index is 11.8. The van der Waals surface area contributed by atoms with E-state index in [4.69, 9.17) is 25.8 Å². The third kappa shape index (κ3) is 6.32. The fraction of sp³-hybridized carbons (Fsp3) is 0.846. The van der Waals surface area contributed by atoms with Crippen LogP contribution in [0.25, 0.3) is 0 Å². The van der Waals surface area contributed by atoms with Gasteiger partial charge in [-0.3, -0.25) is 0 Å². The molecule has 1 atom stereocenters. The van der Waals surface area contributed by atoms with Gasteiger partial charge in [0.05, 0.1) is 0 Å². The summed E-state index contributed by atoms with van der Waals surface area (Å²) in [6.07, 6.45) is -0.247. The van der Waals surface area contributed by atoms with E-state index in [1.807, 2.05) is 20.8 Å². The van der Waals surface area contributed by atoms with E-state index in [-0.39, 0.29) is 12.2 Å². The first-order valence-electron chi connectivity index (χ1n) is 6.66. The van der Waals surface area contributed by atoms with Gasteiger partial charge in [-0.05, 0) is 27.7 Å². The molecular weight excluding hydrogens is 286 g/mol. The molecule has 7 heteroatoms. The lowest BCUT2D eigenvalue weighted by Gasteiger charge is -2.32. The van der Waals surface area contributed by atoms with Gasteiger partial charge in [0, 0.05) is 25.9 Å². The van der Waals surface area contributed by atoms with E-state index in [1.54, 1.807) is 4.90 Å². The van der Waals surface area contributed by atoms with Crippen molar-refractivity contribution in [2.45, 2.75) is 57.8 Å². The number of hydrogen-bond acceptors (Lipinski definition) is 5. The zero-order chi connectivity index (χ0) is 15.3. The summed E-state index contributed by atoms with van der Waals surface area (Å²) in [7, 11) is 0. The lowest BCUT2D eigenvalue weighted by atomic mass is 10.1. The summed E-state index contributed by atoms with van der Waals surface area (Å²) in [4.78, 5) is 24.7. The van der Waals surface area contributed by atoms with Crippen LogP contribution < -0.4 is 0 Å². The lowest BCUT2D eigenvalue weighted by Crippen LogP contribution is -2.43. The number of hydrogen-bond donors (Lipinski definition) is 0. The molecule has 1 aliphatic rings. The maximum Gasteiger partial charge on any atom is 0.510 e. The fourth-order valence-corrected chi connectivity index (χ4v) is 1.85. The fourth-order valence-electron chi connectivity index (χ4n) is 1.78. The summed E-state index contributed by atoms with van der Waals surface area (Å²) in [5.74, 6) is 0. The monoisotopic (exact) mass is 307 g/mol. The Morgan fingerprint density at radius 1 is 1.25 bits per heavy atom. The largest absolute Gasteiger partial charge is 0.510 e. The average Bonchev–Trinajstić information content (AvgIpc) is 2.26. The summed E-state index contributed by atoms with van der Waals surface area (Å²) >= 11 is 5.52. The van der Waals surface area contributed by atoms with Crippen LogP contribution in [0.1, 0.15) is 40.5 Å². The van der Waals surface area contributed by atoms with Gasteiger partial charge in [0.1, 0.15) is 11.7 Å². The van der Waals surface area contributed by atoms with Crippen molar-refractivity contribution in [1.29, 1.82) is 0 Å². The molecule has 1 aliphatic heterocycles.